The fourth-order valence-electron chi connectivity index (χ4n) is 3.89. The molecular formula is C20H34N4O7. The van der Waals surface area contributed by atoms with Crippen LogP contribution in [-0.2, 0) is 28.8 Å². The van der Waals surface area contributed by atoms with Gasteiger partial charge in [-0.3, -0.25) is 19.2 Å². The Hall–Kier alpha value is -2.24. The van der Waals surface area contributed by atoms with Crippen molar-refractivity contribution in [2.24, 2.45) is 11.8 Å². The van der Waals surface area contributed by atoms with E-state index in [9.17, 15) is 19.2 Å². The molecule has 2 aliphatic heterocycles. The molecule has 2 heterocycles. The highest BCUT2D eigenvalue weighted by molar-refractivity contribution is 5.86. The van der Waals surface area contributed by atoms with E-state index in [1.807, 2.05) is 0 Å². The first-order valence-corrected chi connectivity index (χ1v) is 10.8. The zero-order chi connectivity index (χ0) is 22.8. The van der Waals surface area contributed by atoms with Gasteiger partial charge in [-0.2, -0.15) is 5.48 Å². The van der Waals surface area contributed by atoms with E-state index >= 15 is 0 Å². The number of methoxy groups -OCH3 is 1. The Labute approximate surface area is 182 Å². The molecule has 0 saturated carbocycles. The molecule has 0 spiro atoms. The summed E-state index contributed by atoms with van der Waals surface area (Å²) in [6.07, 6.45) is 3.82. The molecule has 0 aromatic rings. The minimum atomic E-state index is -1.15. The number of amides is 2. The predicted octanol–water partition coefficient (Wildman–Crippen LogP) is -0.733. The Bertz CT molecular complexity index is 639. The molecule has 176 valence electrons. The Morgan fingerprint density at radius 2 is 1.90 bits per heavy atom. The molecular weight excluding hydrogens is 408 g/mol. The molecule has 11 heteroatoms. The summed E-state index contributed by atoms with van der Waals surface area (Å²) in [5, 5.41) is 14.9. The number of carboxylic acids is 1. The zero-order valence-corrected chi connectivity index (χ0v) is 18.2. The number of piperidine rings is 2. The van der Waals surface area contributed by atoms with Crippen LogP contribution in [0.5, 0.6) is 0 Å². The number of nitrogens with one attached hydrogen (secondary N) is 3. The quantitative estimate of drug-likeness (QED) is 0.254. The predicted molar refractivity (Wildman–Crippen MR) is 110 cm³/mol. The first kappa shape index (κ1) is 25.0. The van der Waals surface area contributed by atoms with E-state index in [0.717, 1.165) is 32.4 Å². The molecule has 0 aromatic heterocycles. The lowest BCUT2D eigenvalue weighted by Crippen LogP contribution is -2.57. The number of esters is 1. The van der Waals surface area contributed by atoms with E-state index in [1.54, 1.807) is 4.90 Å². The molecule has 2 rings (SSSR count). The van der Waals surface area contributed by atoms with Crippen LogP contribution in [-0.4, -0.2) is 85.7 Å². The van der Waals surface area contributed by atoms with Crippen molar-refractivity contribution in [1.82, 2.24) is 21.0 Å². The number of hydroxylamine groups is 1. The molecule has 2 fully saturated rings. The summed E-state index contributed by atoms with van der Waals surface area (Å²) < 4.78 is 4.51. The van der Waals surface area contributed by atoms with Gasteiger partial charge in [0.15, 0.2) is 6.61 Å². The third kappa shape index (κ3) is 8.08. The minimum absolute atomic E-state index is 0.00320. The summed E-state index contributed by atoms with van der Waals surface area (Å²) >= 11 is 0. The number of aliphatic carboxylic acids is 1. The first-order valence-electron chi connectivity index (χ1n) is 10.8. The van der Waals surface area contributed by atoms with Gasteiger partial charge in [-0.25, -0.2) is 4.79 Å². The van der Waals surface area contributed by atoms with Gasteiger partial charge in [0.25, 0.3) is 0 Å². The number of rotatable bonds is 10. The van der Waals surface area contributed by atoms with Gasteiger partial charge < -0.3 is 25.4 Å². The maximum Gasteiger partial charge on any atom is 0.333 e. The summed E-state index contributed by atoms with van der Waals surface area (Å²) in [5.41, 5.74) is 2.71. The fraction of sp³-hybridized carbons (Fsp3) is 0.800. The monoisotopic (exact) mass is 442 g/mol. The van der Waals surface area contributed by atoms with Crippen LogP contribution in [0.4, 0.5) is 0 Å². The number of carbonyl (C=O) groups is 4. The van der Waals surface area contributed by atoms with Crippen LogP contribution < -0.4 is 16.1 Å². The van der Waals surface area contributed by atoms with E-state index in [2.05, 4.69) is 20.9 Å². The average molecular weight is 443 g/mol. The van der Waals surface area contributed by atoms with Crippen LogP contribution in [0.2, 0.25) is 0 Å². The maximum absolute atomic E-state index is 12.8. The molecule has 0 radical (unpaired) electrons. The zero-order valence-electron chi connectivity index (χ0n) is 18.2. The third-order valence-corrected chi connectivity index (χ3v) is 5.91. The number of hydrogen-bond donors (Lipinski definition) is 4. The molecule has 0 aromatic carbocycles. The fourth-order valence-corrected chi connectivity index (χ4v) is 3.89. The molecule has 11 nitrogen and oxygen atoms in total. The molecule has 2 amide bonds. The van der Waals surface area contributed by atoms with E-state index in [1.165, 1.54) is 14.0 Å². The van der Waals surface area contributed by atoms with Gasteiger partial charge in [0.2, 0.25) is 11.8 Å². The first-order chi connectivity index (χ1) is 14.8. The van der Waals surface area contributed by atoms with Gasteiger partial charge in [0.1, 0.15) is 6.04 Å². The van der Waals surface area contributed by atoms with Crippen LogP contribution >= 0.6 is 0 Å². The Morgan fingerprint density at radius 3 is 2.55 bits per heavy atom. The van der Waals surface area contributed by atoms with Gasteiger partial charge in [0, 0.05) is 25.6 Å². The van der Waals surface area contributed by atoms with Crippen molar-refractivity contribution in [3.63, 3.8) is 0 Å². The van der Waals surface area contributed by atoms with Crippen LogP contribution in [0.1, 0.15) is 39.0 Å². The van der Waals surface area contributed by atoms with Crippen molar-refractivity contribution in [2.45, 2.75) is 51.1 Å². The molecule has 0 aliphatic carbocycles. The molecule has 2 aliphatic rings. The second-order valence-electron chi connectivity index (χ2n) is 8.12. The number of hydrogen-bond acceptors (Lipinski definition) is 8. The number of likely N-dealkylation sites (tertiary alicyclic amines) is 1. The van der Waals surface area contributed by atoms with Gasteiger partial charge >= 0.3 is 11.9 Å². The highest BCUT2D eigenvalue weighted by Gasteiger charge is 2.37. The number of carboxylic acid groups (broad SMARTS) is 1. The molecule has 4 N–H and O–H groups in total. The second-order valence-corrected chi connectivity index (χ2v) is 8.12. The third-order valence-electron chi connectivity index (χ3n) is 5.91. The maximum atomic E-state index is 12.8. The van der Waals surface area contributed by atoms with Gasteiger partial charge in [-0.05, 0) is 51.6 Å². The smallest absolute Gasteiger partial charge is 0.333 e. The van der Waals surface area contributed by atoms with E-state index in [4.69, 9.17) is 9.94 Å². The molecule has 0 bridgehead atoms. The van der Waals surface area contributed by atoms with Crippen molar-refractivity contribution >= 4 is 23.8 Å². The number of nitrogens with zero attached hydrogens (tertiary/aromatic N) is 1. The van der Waals surface area contributed by atoms with Crippen molar-refractivity contribution in [2.75, 3.05) is 39.9 Å². The highest BCUT2D eigenvalue weighted by atomic mass is 16.7. The topological polar surface area (TPSA) is 146 Å². The molecule has 1 unspecified atom stereocenters. The second kappa shape index (κ2) is 12.6. The SMILES string of the molecule is COC(=O)CONC1CCN(C(=O)CCC2CCNCC2)C[C@H]1C(=O)N[C@@H](C)C(=O)O. The van der Waals surface area contributed by atoms with Crippen molar-refractivity contribution in [3.8, 4) is 0 Å². The summed E-state index contributed by atoms with van der Waals surface area (Å²) in [6, 6.07) is -1.53. The van der Waals surface area contributed by atoms with E-state index < -0.39 is 35.8 Å². The van der Waals surface area contributed by atoms with Gasteiger partial charge in [-0.1, -0.05) is 0 Å². The molecule has 2 saturated heterocycles. The summed E-state index contributed by atoms with van der Waals surface area (Å²) in [5.74, 6) is -2.38. The van der Waals surface area contributed by atoms with Crippen LogP contribution in [0.15, 0.2) is 0 Å². The summed E-state index contributed by atoms with van der Waals surface area (Å²) in [6.45, 7) is 3.61. The Kier molecular flexibility index (Phi) is 10.2. The van der Waals surface area contributed by atoms with Crippen molar-refractivity contribution < 1.29 is 33.9 Å². The number of ether oxygens (including phenoxy) is 1. The van der Waals surface area contributed by atoms with Crippen molar-refractivity contribution in [1.29, 1.82) is 0 Å². The summed E-state index contributed by atoms with van der Waals surface area (Å²) in [7, 11) is 1.24. The molecule has 31 heavy (non-hydrogen) atoms. The summed E-state index contributed by atoms with van der Waals surface area (Å²) in [4.78, 5) is 54.7. The lowest BCUT2D eigenvalue weighted by Gasteiger charge is -2.38. The standard InChI is InChI=1S/C20H34N4O7/c1-13(20(28)29)22-19(27)15-11-24(10-7-16(15)23-31-12-18(26)30-2)17(25)4-3-14-5-8-21-9-6-14/h13-16,21,23H,3-12H2,1-2H3,(H,22,27)(H,28,29)/t13-,15+,16?/m0/s1. The number of carbonyl (C=O) groups excluding carboxylic acids is 3. The van der Waals surface area contributed by atoms with Crippen LogP contribution in [0, 0.1) is 11.8 Å². The lowest BCUT2D eigenvalue weighted by molar-refractivity contribution is -0.152. The lowest BCUT2D eigenvalue weighted by atomic mass is 9.90. The van der Waals surface area contributed by atoms with Crippen LogP contribution in [0.25, 0.3) is 0 Å². The van der Waals surface area contributed by atoms with Gasteiger partial charge in [0.05, 0.1) is 13.0 Å². The van der Waals surface area contributed by atoms with Crippen LogP contribution in [0.3, 0.4) is 0 Å². The Balaban J connectivity index is 1.94. The van der Waals surface area contributed by atoms with E-state index in [-0.39, 0.29) is 19.1 Å². The minimum Gasteiger partial charge on any atom is -0.480 e. The van der Waals surface area contributed by atoms with Gasteiger partial charge in [-0.15, -0.1) is 0 Å². The van der Waals surface area contributed by atoms with Crippen molar-refractivity contribution in [3.05, 3.63) is 0 Å². The molecule has 3 atom stereocenters. The Morgan fingerprint density at radius 1 is 1.19 bits per heavy atom. The normalized spacial score (nSPS) is 23.1. The average Bonchev–Trinajstić information content (AvgIpc) is 2.77. The largest absolute Gasteiger partial charge is 0.480 e. The van der Waals surface area contributed by atoms with E-state index in [0.29, 0.717) is 25.3 Å². The highest BCUT2D eigenvalue weighted by Crippen LogP contribution is 2.22.